The lowest BCUT2D eigenvalue weighted by atomic mass is 10.0. The van der Waals surface area contributed by atoms with Gasteiger partial charge in [-0.05, 0) is 42.5 Å². The van der Waals surface area contributed by atoms with Gasteiger partial charge < -0.3 is 14.6 Å². The molecule has 0 aliphatic carbocycles. The molecule has 4 rings (SSSR count). The quantitative estimate of drug-likeness (QED) is 0.774. The largest absolute Gasteiger partial charge is 0.422 e. The number of aryl methyl sites for hydroxylation is 1. The number of benzene rings is 1. The Labute approximate surface area is 141 Å². The van der Waals surface area contributed by atoms with E-state index in [1.165, 1.54) is 0 Å². The number of halogens is 1. The number of carbonyl (C=O) groups excluding carboxylic acids is 1. The van der Waals surface area contributed by atoms with Crippen LogP contribution in [0.25, 0.3) is 11.0 Å². The maximum absolute atomic E-state index is 12.9. The number of likely N-dealkylation sites (tertiary alicyclic amines) is 1. The summed E-state index contributed by atoms with van der Waals surface area (Å²) in [6.45, 7) is 5.15. The zero-order chi connectivity index (χ0) is 16.1. The van der Waals surface area contributed by atoms with Gasteiger partial charge in [0.25, 0.3) is 5.91 Å². The molecule has 0 saturated carbocycles. The van der Waals surface area contributed by atoms with Gasteiger partial charge in [-0.2, -0.15) is 0 Å². The van der Waals surface area contributed by atoms with Crippen LogP contribution in [0.4, 0.5) is 0 Å². The Morgan fingerprint density at radius 2 is 2.00 bits per heavy atom. The normalized spacial score (nSPS) is 23.5. The third kappa shape index (κ3) is 2.40. The van der Waals surface area contributed by atoms with Crippen LogP contribution in [-0.2, 0) is 0 Å². The van der Waals surface area contributed by atoms with E-state index in [1.807, 2.05) is 19.1 Å². The fourth-order valence-electron chi connectivity index (χ4n) is 3.75. The van der Waals surface area contributed by atoms with Crippen molar-refractivity contribution in [3.8, 4) is 0 Å². The fourth-order valence-corrected chi connectivity index (χ4v) is 4.11. The number of fused-ring (bicyclic) bond motifs is 2. The third-order valence-corrected chi connectivity index (χ3v) is 5.51. The minimum atomic E-state index is -0.544. The highest BCUT2D eigenvalue weighted by Gasteiger charge is 2.39. The average molecular weight is 377 g/mol. The van der Waals surface area contributed by atoms with Crippen LogP contribution >= 0.6 is 15.9 Å². The Morgan fingerprint density at radius 3 is 2.70 bits per heavy atom. The Morgan fingerprint density at radius 1 is 1.30 bits per heavy atom. The Balaban J connectivity index is 1.76. The molecule has 1 aromatic heterocycles. The van der Waals surface area contributed by atoms with Crippen LogP contribution in [0.3, 0.4) is 0 Å². The van der Waals surface area contributed by atoms with Crippen molar-refractivity contribution < 1.29 is 9.21 Å². The van der Waals surface area contributed by atoms with Gasteiger partial charge in [0.15, 0.2) is 0 Å². The molecule has 2 aromatic rings. The van der Waals surface area contributed by atoms with Gasteiger partial charge in [0.05, 0.1) is 0 Å². The molecule has 2 aliphatic heterocycles. The first-order valence-corrected chi connectivity index (χ1v) is 8.57. The zero-order valence-corrected chi connectivity index (χ0v) is 14.4. The summed E-state index contributed by atoms with van der Waals surface area (Å²) in [5, 5.41) is 4.15. The molecule has 120 valence electrons. The second-order valence-corrected chi connectivity index (χ2v) is 7.33. The SMILES string of the molecule is Cc1c(C(=O)N2C[C@H]3CNC[C@H]3C2)c(=O)oc2ccc(Br)cc12. The van der Waals surface area contributed by atoms with Crippen LogP contribution in [0.1, 0.15) is 15.9 Å². The molecule has 6 heteroatoms. The van der Waals surface area contributed by atoms with Crippen molar-refractivity contribution in [2.45, 2.75) is 6.92 Å². The van der Waals surface area contributed by atoms with Crippen LogP contribution in [0.2, 0.25) is 0 Å². The molecule has 1 N–H and O–H groups in total. The van der Waals surface area contributed by atoms with E-state index >= 15 is 0 Å². The zero-order valence-electron chi connectivity index (χ0n) is 12.8. The van der Waals surface area contributed by atoms with E-state index in [4.69, 9.17) is 4.42 Å². The van der Waals surface area contributed by atoms with Crippen molar-refractivity contribution in [2.75, 3.05) is 26.2 Å². The second-order valence-electron chi connectivity index (χ2n) is 6.42. The first kappa shape index (κ1) is 14.9. The summed E-state index contributed by atoms with van der Waals surface area (Å²) in [6.07, 6.45) is 0. The highest BCUT2D eigenvalue weighted by atomic mass is 79.9. The maximum Gasteiger partial charge on any atom is 0.349 e. The molecule has 2 aliphatic rings. The first-order valence-electron chi connectivity index (χ1n) is 7.77. The number of hydrogen-bond donors (Lipinski definition) is 1. The van der Waals surface area contributed by atoms with Crippen LogP contribution < -0.4 is 10.9 Å². The predicted molar refractivity (Wildman–Crippen MR) is 90.7 cm³/mol. The number of hydrogen-bond acceptors (Lipinski definition) is 4. The number of carbonyl (C=O) groups is 1. The summed E-state index contributed by atoms with van der Waals surface area (Å²) in [5.74, 6) is 0.800. The van der Waals surface area contributed by atoms with Crippen LogP contribution in [0, 0.1) is 18.8 Å². The third-order valence-electron chi connectivity index (χ3n) is 5.02. The molecule has 2 atom stereocenters. The second kappa shape index (κ2) is 5.46. The predicted octanol–water partition coefficient (Wildman–Crippen LogP) is 2.16. The first-order chi connectivity index (χ1) is 11.0. The number of nitrogens with zero attached hydrogens (tertiary/aromatic N) is 1. The van der Waals surface area contributed by atoms with Crippen LogP contribution in [-0.4, -0.2) is 37.0 Å². The van der Waals surface area contributed by atoms with Crippen molar-refractivity contribution in [1.29, 1.82) is 0 Å². The van der Waals surface area contributed by atoms with Crippen molar-refractivity contribution in [3.63, 3.8) is 0 Å². The molecular weight excluding hydrogens is 360 g/mol. The topological polar surface area (TPSA) is 62.6 Å². The van der Waals surface area contributed by atoms with Crippen molar-refractivity contribution in [2.24, 2.45) is 11.8 Å². The molecule has 0 radical (unpaired) electrons. The standard InChI is InChI=1S/C17H17BrN2O3/c1-9-13-4-12(18)2-3-14(13)23-17(22)15(9)16(21)20-7-10-5-19-6-11(10)8-20/h2-4,10-11,19H,5-8H2,1H3/t10-,11+. The highest BCUT2D eigenvalue weighted by molar-refractivity contribution is 9.10. The van der Waals surface area contributed by atoms with E-state index in [-0.39, 0.29) is 11.5 Å². The minimum absolute atomic E-state index is 0.170. The number of amides is 1. The fraction of sp³-hybridized carbons (Fsp3) is 0.412. The van der Waals surface area contributed by atoms with Gasteiger partial charge in [0.2, 0.25) is 0 Å². The monoisotopic (exact) mass is 376 g/mol. The lowest BCUT2D eigenvalue weighted by Crippen LogP contribution is -2.35. The van der Waals surface area contributed by atoms with E-state index in [1.54, 1.807) is 11.0 Å². The molecule has 3 heterocycles. The molecule has 5 nitrogen and oxygen atoms in total. The average Bonchev–Trinajstić information content (AvgIpc) is 3.09. The maximum atomic E-state index is 12.9. The van der Waals surface area contributed by atoms with Gasteiger partial charge in [-0.25, -0.2) is 4.79 Å². The molecule has 1 amide bonds. The van der Waals surface area contributed by atoms with Crippen molar-refractivity contribution in [3.05, 3.63) is 44.2 Å². The molecule has 2 saturated heterocycles. The lowest BCUT2D eigenvalue weighted by Gasteiger charge is -2.18. The summed E-state index contributed by atoms with van der Waals surface area (Å²) in [6, 6.07) is 5.45. The Hall–Kier alpha value is -1.66. The highest BCUT2D eigenvalue weighted by Crippen LogP contribution is 2.29. The van der Waals surface area contributed by atoms with Crippen molar-refractivity contribution >= 4 is 32.8 Å². The summed E-state index contributed by atoms with van der Waals surface area (Å²) in [7, 11) is 0. The molecule has 23 heavy (non-hydrogen) atoms. The molecule has 2 fully saturated rings. The van der Waals surface area contributed by atoms with E-state index in [0.717, 1.165) is 22.9 Å². The van der Waals surface area contributed by atoms with Gasteiger partial charge in [-0.3, -0.25) is 4.79 Å². The number of rotatable bonds is 1. The van der Waals surface area contributed by atoms with Gasteiger partial charge in [-0.15, -0.1) is 0 Å². The summed E-state index contributed by atoms with van der Waals surface area (Å²) in [4.78, 5) is 27.0. The smallest absolute Gasteiger partial charge is 0.349 e. The van der Waals surface area contributed by atoms with Crippen molar-refractivity contribution in [1.82, 2.24) is 10.2 Å². The van der Waals surface area contributed by atoms with Gasteiger partial charge in [0, 0.05) is 36.0 Å². The Bertz CT molecular complexity index is 849. The van der Waals surface area contributed by atoms with Gasteiger partial charge in [0.1, 0.15) is 11.1 Å². The lowest BCUT2D eigenvalue weighted by molar-refractivity contribution is 0.0777. The summed E-state index contributed by atoms with van der Waals surface area (Å²) in [5.41, 5.74) is 0.827. The minimum Gasteiger partial charge on any atom is -0.422 e. The van der Waals surface area contributed by atoms with E-state index in [9.17, 15) is 9.59 Å². The number of nitrogens with one attached hydrogen (secondary N) is 1. The molecular formula is C17H17BrN2O3. The van der Waals surface area contributed by atoms with Gasteiger partial charge >= 0.3 is 5.63 Å². The van der Waals surface area contributed by atoms with Crippen LogP contribution in [0.15, 0.2) is 31.9 Å². The van der Waals surface area contributed by atoms with E-state index in [0.29, 0.717) is 36.1 Å². The molecule has 0 spiro atoms. The van der Waals surface area contributed by atoms with Crippen LogP contribution in [0.5, 0.6) is 0 Å². The molecule has 0 bridgehead atoms. The summed E-state index contributed by atoms with van der Waals surface area (Å²) < 4.78 is 6.26. The van der Waals surface area contributed by atoms with Gasteiger partial charge in [-0.1, -0.05) is 15.9 Å². The molecule has 0 unspecified atom stereocenters. The molecule has 1 aromatic carbocycles. The summed E-state index contributed by atoms with van der Waals surface area (Å²) >= 11 is 3.42. The van der Waals surface area contributed by atoms with E-state index in [2.05, 4.69) is 21.2 Å². The Kier molecular flexibility index (Phi) is 3.54. The van der Waals surface area contributed by atoms with E-state index < -0.39 is 5.63 Å².